The van der Waals surface area contributed by atoms with E-state index in [1.165, 1.54) is 18.4 Å². The summed E-state index contributed by atoms with van der Waals surface area (Å²) in [4.78, 5) is 37.4. The van der Waals surface area contributed by atoms with E-state index in [2.05, 4.69) is 61.6 Å². The summed E-state index contributed by atoms with van der Waals surface area (Å²) in [5.41, 5.74) is 4.98. The van der Waals surface area contributed by atoms with Crippen molar-refractivity contribution in [1.29, 1.82) is 0 Å². The topological polar surface area (TPSA) is 119 Å². The molecule has 2 heterocycles. The summed E-state index contributed by atoms with van der Waals surface area (Å²) in [6, 6.07) is 7.26. The number of fused-ring (bicyclic) bond motifs is 1. The van der Waals surface area contributed by atoms with Gasteiger partial charge in [0, 0.05) is 43.6 Å². The Morgan fingerprint density at radius 3 is 2.37 bits per heavy atom. The minimum atomic E-state index is -1.31. The van der Waals surface area contributed by atoms with Crippen molar-refractivity contribution in [3.05, 3.63) is 41.3 Å². The highest BCUT2D eigenvalue weighted by Crippen LogP contribution is 2.39. The Morgan fingerprint density at radius 1 is 1.08 bits per heavy atom. The van der Waals surface area contributed by atoms with Gasteiger partial charge in [0.15, 0.2) is 0 Å². The van der Waals surface area contributed by atoms with E-state index in [0.29, 0.717) is 61.8 Å². The molecular formula is C38H57N5O5Si. The highest BCUT2D eigenvalue weighted by Gasteiger charge is 2.36. The second-order valence-electron chi connectivity index (χ2n) is 16.6. The average Bonchev–Trinajstić information content (AvgIpc) is 3.79. The van der Waals surface area contributed by atoms with Crippen molar-refractivity contribution in [2.45, 2.75) is 136 Å². The lowest BCUT2D eigenvalue weighted by Crippen LogP contribution is -2.53. The maximum atomic E-state index is 14.2. The van der Waals surface area contributed by atoms with Crippen LogP contribution in [0.5, 0.6) is 5.75 Å². The molecule has 10 nitrogen and oxygen atoms in total. The Morgan fingerprint density at radius 2 is 1.78 bits per heavy atom. The van der Waals surface area contributed by atoms with Crippen molar-refractivity contribution < 1.29 is 24.2 Å². The molecule has 0 aliphatic heterocycles. The molecule has 1 aromatic carbocycles. The molecule has 0 bridgehead atoms. The second kappa shape index (κ2) is 14.8. The molecule has 0 spiro atoms. The SMILES string of the molecule is Cc1c(C(=O)NC2CCC(N(C(=O)O)C(C)(C)C)CC2)c2ncnc(-c3cc(C(C)C)ccc3OCC3CC3)c2n1COCC[Si](C)(C)C. The number of hydrogen-bond donors (Lipinski definition) is 2. The highest BCUT2D eigenvalue weighted by atomic mass is 28.3. The molecule has 2 amide bonds. The molecule has 49 heavy (non-hydrogen) atoms. The molecule has 2 aliphatic carbocycles. The number of carbonyl (C=O) groups is 2. The van der Waals surface area contributed by atoms with Crippen molar-refractivity contribution in [2.75, 3.05) is 13.2 Å². The van der Waals surface area contributed by atoms with E-state index < -0.39 is 19.7 Å². The number of rotatable bonds is 13. The van der Waals surface area contributed by atoms with Crippen LogP contribution in [0.4, 0.5) is 4.79 Å². The fraction of sp³-hybridized carbons (Fsp3) is 0.632. The fourth-order valence-electron chi connectivity index (χ4n) is 6.89. The lowest BCUT2D eigenvalue weighted by Gasteiger charge is -2.42. The van der Waals surface area contributed by atoms with E-state index in [1.54, 1.807) is 11.2 Å². The van der Waals surface area contributed by atoms with E-state index in [0.717, 1.165) is 34.3 Å². The van der Waals surface area contributed by atoms with E-state index in [-0.39, 0.29) is 24.7 Å². The number of hydrogen-bond acceptors (Lipinski definition) is 6. The summed E-state index contributed by atoms with van der Waals surface area (Å²) >= 11 is 0. The summed E-state index contributed by atoms with van der Waals surface area (Å²) < 4.78 is 14.8. The number of aromatic nitrogens is 3. The maximum Gasteiger partial charge on any atom is 0.407 e. The third kappa shape index (κ3) is 8.84. The zero-order valence-corrected chi connectivity index (χ0v) is 32.1. The van der Waals surface area contributed by atoms with Crippen LogP contribution >= 0.6 is 0 Å². The van der Waals surface area contributed by atoms with Crippen LogP contribution in [-0.4, -0.2) is 75.5 Å². The van der Waals surface area contributed by atoms with Gasteiger partial charge in [0.1, 0.15) is 30.0 Å². The van der Waals surface area contributed by atoms with Gasteiger partial charge >= 0.3 is 6.09 Å². The van der Waals surface area contributed by atoms with Gasteiger partial charge in [-0.3, -0.25) is 4.79 Å². The Balaban J connectivity index is 1.49. The van der Waals surface area contributed by atoms with Crippen LogP contribution in [0, 0.1) is 12.8 Å². The van der Waals surface area contributed by atoms with Gasteiger partial charge in [0.2, 0.25) is 0 Å². The Labute approximate surface area is 293 Å². The van der Waals surface area contributed by atoms with Gasteiger partial charge in [0.05, 0.1) is 17.7 Å². The van der Waals surface area contributed by atoms with Crippen LogP contribution < -0.4 is 10.1 Å². The molecule has 5 rings (SSSR count). The Kier molecular flexibility index (Phi) is 11.1. The number of amides is 2. The number of nitrogens with zero attached hydrogens (tertiary/aromatic N) is 4. The smallest absolute Gasteiger partial charge is 0.407 e. The van der Waals surface area contributed by atoms with Crippen LogP contribution in [0.25, 0.3) is 22.3 Å². The summed E-state index contributed by atoms with van der Waals surface area (Å²) in [7, 11) is -1.31. The zero-order valence-electron chi connectivity index (χ0n) is 31.1. The lowest BCUT2D eigenvalue weighted by atomic mass is 9.88. The third-order valence-corrected chi connectivity index (χ3v) is 11.7. The van der Waals surface area contributed by atoms with Gasteiger partial charge in [-0.2, -0.15) is 0 Å². The number of carboxylic acid groups (broad SMARTS) is 1. The zero-order chi connectivity index (χ0) is 35.7. The van der Waals surface area contributed by atoms with Crippen molar-refractivity contribution in [1.82, 2.24) is 24.8 Å². The monoisotopic (exact) mass is 691 g/mol. The summed E-state index contributed by atoms with van der Waals surface area (Å²) in [5, 5.41) is 13.2. The third-order valence-electron chi connectivity index (χ3n) is 9.96. The van der Waals surface area contributed by atoms with Gasteiger partial charge < -0.3 is 29.4 Å². The van der Waals surface area contributed by atoms with Crippen molar-refractivity contribution in [2.24, 2.45) is 5.92 Å². The standard InChI is InChI=1S/C38H57N5O5Si/c1-24(2)27-12-17-31(48-21-26-10-11-26)30(20-27)33-35-34(40-22-39-33)32(25(3)42(35)23-47-18-19-49(7,8)9)36(44)41-28-13-15-29(16-14-28)43(37(45)46)38(4,5)6/h12,17,20,22,24,26,28-29H,10-11,13-16,18-19,21,23H2,1-9H3,(H,41,44)(H,45,46). The molecule has 0 unspecified atom stereocenters. The van der Waals surface area contributed by atoms with Crippen LogP contribution in [0.3, 0.4) is 0 Å². The minimum Gasteiger partial charge on any atom is -0.493 e. The second-order valence-corrected chi connectivity index (χ2v) is 22.2. The first-order valence-electron chi connectivity index (χ1n) is 18.1. The first-order valence-corrected chi connectivity index (χ1v) is 21.8. The van der Waals surface area contributed by atoms with E-state index in [9.17, 15) is 14.7 Å². The van der Waals surface area contributed by atoms with Crippen LogP contribution in [0.15, 0.2) is 24.5 Å². The predicted octanol–water partition coefficient (Wildman–Crippen LogP) is 8.45. The van der Waals surface area contributed by atoms with Gasteiger partial charge in [-0.25, -0.2) is 14.8 Å². The van der Waals surface area contributed by atoms with Crippen LogP contribution in [0.2, 0.25) is 25.7 Å². The molecule has 0 atom stereocenters. The summed E-state index contributed by atoms with van der Waals surface area (Å²) in [6.45, 7) is 20.7. The molecular weight excluding hydrogens is 635 g/mol. The van der Waals surface area contributed by atoms with Crippen molar-refractivity contribution in [3.63, 3.8) is 0 Å². The Bertz CT molecular complexity index is 1640. The molecule has 268 valence electrons. The Hall–Kier alpha value is -3.44. The van der Waals surface area contributed by atoms with Crippen molar-refractivity contribution in [3.8, 4) is 17.0 Å². The first kappa shape index (κ1) is 36.8. The fourth-order valence-corrected chi connectivity index (χ4v) is 7.65. The highest BCUT2D eigenvalue weighted by molar-refractivity contribution is 6.76. The first-order chi connectivity index (χ1) is 23.0. The van der Waals surface area contributed by atoms with Crippen molar-refractivity contribution >= 4 is 31.1 Å². The van der Waals surface area contributed by atoms with E-state index in [4.69, 9.17) is 19.4 Å². The molecule has 2 aliphatic rings. The number of benzene rings is 1. The van der Waals surface area contributed by atoms with Gasteiger partial charge in [0.25, 0.3) is 5.91 Å². The number of ether oxygens (including phenoxy) is 2. The summed E-state index contributed by atoms with van der Waals surface area (Å²) in [5.74, 6) is 1.52. The molecule has 0 radical (unpaired) electrons. The summed E-state index contributed by atoms with van der Waals surface area (Å²) in [6.07, 6.45) is 5.85. The number of carbonyl (C=O) groups excluding carboxylic acids is 1. The largest absolute Gasteiger partial charge is 0.493 e. The molecule has 11 heteroatoms. The van der Waals surface area contributed by atoms with Crippen LogP contribution in [0.1, 0.15) is 101 Å². The van der Waals surface area contributed by atoms with E-state index in [1.807, 2.05) is 27.7 Å². The quantitative estimate of drug-likeness (QED) is 0.136. The average molecular weight is 692 g/mol. The normalized spacial score (nSPS) is 18.6. The maximum absolute atomic E-state index is 14.2. The lowest BCUT2D eigenvalue weighted by molar-refractivity contribution is 0.0519. The molecule has 3 aromatic rings. The van der Waals surface area contributed by atoms with Gasteiger partial charge in [-0.05, 0) is 102 Å². The van der Waals surface area contributed by atoms with Crippen LogP contribution in [-0.2, 0) is 11.5 Å². The van der Waals surface area contributed by atoms with E-state index >= 15 is 0 Å². The number of nitrogens with one attached hydrogen (secondary N) is 1. The molecule has 2 saturated carbocycles. The molecule has 2 aromatic heterocycles. The molecule has 0 saturated heterocycles. The van der Waals surface area contributed by atoms with Gasteiger partial charge in [-0.1, -0.05) is 39.6 Å². The van der Waals surface area contributed by atoms with Gasteiger partial charge in [-0.15, -0.1) is 0 Å². The molecule has 2 N–H and O–H groups in total. The minimum absolute atomic E-state index is 0.0587. The predicted molar refractivity (Wildman–Crippen MR) is 197 cm³/mol. The molecule has 2 fully saturated rings.